The molecule has 0 aliphatic rings. The summed E-state index contributed by atoms with van der Waals surface area (Å²) in [7, 11) is 0. The number of rotatable bonds is 3. The Kier molecular flexibility index (Phi) is 7.27. The van der Waals surface area contributed by atoms with Crippen molar-refractivity contribution in [3.8, 4) is 0 Å². The van der Waals surface area contributed by atoms with Crippen molar-refractivity contribution in [1.82, 2.24) is 0 Å². The lowest BCUT2D eigenvalue weighted by molar-refractivity contribution is -0.141. The number of carboxylic acid groups (broad SMARTS) is 1. The molecule has 0 amide bonds. The van der Waals surface area contributed by atoms with Crippen molar-refractivity contribution in [1.29, 1.82) is 0 Å². The van der Waals surface area contributed by atoms with Crippen LogP contribution in [0.4, 0.5) is 0 Å². The van der Waals surface area contributed by atoms with Gasteiger partial charge in [0.15, 0.2) is 0 Å². The molecule has 90 valence electrons. The first-order valence-electron chi connectivity index (χ1n) is 5.80. The van der Waals surface area contributed by atoms with E-state index in [1.165, 1.54) is 6.42 Å². The molecule has 0 radical (unpaired) electrons. The number of aryl methyl sites for hydroxylation is 1. The molecule has 0 aliphatic heterocycles. The van der Waals surface area contributed by atoms with Gasteiger partial charge in [-0.3, -0.25) is 4.79 Å². The van der Waals surface area contributed by atoms with Gasteiger partial charge in [0, 0.05) is 0 Å². The molecule has 16 heavy (non-hydrogen) atoms. The smallest absolute Gasteiger partial charge is 0.306 e. The summed E-state index contributed by atoms with van der Waals surface area (Å²) in [4.78, 5) is 10.6. The zero-order valence-corrected chi connectivity index (χ0v) is 10.7. The second-order valence-corrected chi connectivity index (χ2v) is 4.08. The van der Waals surface area contributed by atoms with Gasteiger partial charge in [-0.1, -0.05) is 51.5 Å². The monoisotopic (exact) mass is 222 g/mol. The van der Waals surface area contributed by atoms with Crippen molar-refractivity contribution in [2.45, 2.75) is 40.5 Å². The van der Waals surface area contributed by atoms with Crippen LogP contribution >= 0.6 is 0 Å². The molecule has 0 saturated heterocycles. The number of carbonyl (C=O) groups is 1. The Morgan fingerprint density at radius 3 is 2.25 bits per heavy atom. The van der Waals surface area contributed by atoms with Crippen molar-refractivity contribution in [2.24, 2.45) is 5.92 Å². The molecule has 1 aromatic rings. The van der Waals surface area contributed by atoms with Gasteiger partial charge in [-0.25, -0.2) is 0 Å². The molecule has 0 saturated carbocycles. The van der Waals surface area contributed by atoms with Crippen molar-refractivity contribution in [3.05, 3.63) is 35.4 Å². The first-order valence-corrected chi connectivity index (χ1v) is 5.80. The maximum atomic E-state index is 10.6. The summed E-state index contributed by atoms with van der Waals surface area (Å²) >= 11 is 0. The summed E-state index contributed by atoms with van der Waals surface area (Å²) in [6, 6.07) is 7.89. The molecule has 1 atom stereocenters. The summed E-state index contributed by atoms with van der Waals surface area (Å²) in [5.41, 5.74) is 2.29. The number of aliphatic carboxylic acids is 1. The Morgan fingerprint density at radius 1 is 1.31 bits per heavy atom. The van der Waals surface area contributed by atoms with Gasteiger partial charge in [-0.2, -0.15) is 0 Å². The number of hydrogen-bond donors (Lipinski definition) is 1. The predicted molar refractivity (Wildman–Crippen MR) is 67.6 cm³/mol. The third-order valence-electron chi connectivity index (χ3n) is 2.21. The Morgan fingerprint density at radius 2 is 1.81 bits per heavy atom. The third kappa shape index (κ3) is 5.54. The van der Waals surface area contributed by atoms with E-state index in [-0.39, 0.29) is 5.92 Å². The Balaban J connectivity index is 0.000000673. The molecular weight excluding hydrogens is 200 g/mol. The highest BCUT2D eigenvalue weighted by Gasteiger charge is 2.12. The molecule has 1 N–H and O–H groups in total. The summed E-state index contributed by atoms with van der Waals surface area (Å²) in [6.07, 6.45) is 1.86. The molecule has 1 aromatic carbocycles. The SMILES string of the molecule is CCC.Cc1ccccc1CC(C)C(=O)O. The molecule has 1 rings (SSSR count). The lowest BCUT2D eigenvalue weighted by Gasteiger charge is -2.08. The summed E-state index contributed by atoms with van der Waals surface area (Å²) in [5.74, 6) is -1.04. The Labute approximate surface area is 98.3 Å². The molecule has 1 unspecified atom stereocenters. The van der Waals surface area contributed by atoms with Crippen LogP contribution in [0.5, 0.6) is 0 Å². The number of benzene rings is 1. The van der Waals surface area contributed by atoms with Crippen LogP contribution in [0.1, 0.15) is 38.3 Å². The number of carboxylic acids is 1. The normalized spacial score (nSPS) is 11.2. The molecule has 0 aliphatic carbocycles. The average Bonchev–Trinajstić information content (AvgIpc) is 2.22. The van der Waals surface area contributed by atoms with Gasteiger partial charge in [0.25, 0.3) is 0 Å². The van der Waals surface area contributed by atoms with Crippen LogP contribution in [-0.4, -0.2) is 11.1 Å². The van der Waals surface area contributed by atoms with Gasteiger partial charge >= 0.3 is 5.97 Å². The highest BCUT2D eigenvalue weighted by molar-refractivity contribution is 5.69. The molecule has 0 aromatic heterocycles. The van der Waals surface area contributed by atoms with Crippen LogP contribution in [0.15, 0.2) is 24.3 Å². The van der Waals surface area contributed by atoms with Gasteiger partial charge in [-0.15, -0.1) is 0 Å². The molecule has 0 bridgehead atoms. The maximum Gasteiger partial charge on any atom is 0.306 e. The van der Waals surface area contributed by atoms with Gasteiger partial charge in [-0.05, 0) is 24.5 Å². The zero-order valence-electron chi connectivity index (χ0n) is 10.7. The van der Waals surface area contributed by atoms with Gasteiger partial charge < -0.3 is 5.11 Å². The second-order valence-electron chi connectivity index (χ2n) is 4.08. The van der Waals surface area contributed by atoms with Gasteiger partial charge in [0.05, 0.1) is 5.92 Å². The van der Waals surface area contributed by atoms with E-state index in [2.05, 4.69) is 13.8 Å². The summed E-state index contributed by atoms with van der Waals surface area (Å²) in [6.45, 7) is 7.98. The van der Waals surface area contributed by atoms with E-state index < -0.39 is 5.97 Å². The summed E-state index contributed by atoms with van der Waals surface area (Å²) < 4.78 is 0. The van der Waals surface area contributed by atoms with Crippen LogP contribution in [0.25, 0.3) is 0 Å². The van der Waals surface area contributed by atoms with E-state index in [0.717, 1.165) is 11.1 Å². The highest BCUT2D eigenvalue weighted by atomic mass is 16.4. The first-order chi connectivity index (χ1) is 7.52. The van der Waals surface area contributed by atoms with E-state index in [0.29, 0.717) is 6.42 Å². The fourth-order valence-corrected chi connectivity index (χ4v) is 1.26. The fraction of sp³-hybridized carbons (Fsp3) is 0.500. The van der Waals surface area contributed by atoms with Gasteiger partial charge in [0.2, 0.25) is 0 Å². The van der Waals surface area contributed by atoms with E-state index in [4.69, 9.17) is 5.11 Å². The minimum absolute atomic E-state index is 0.305. The molecule has 0 heterocycles. The van der Waals surface area contributed by atoms with Crippen molar-refractivity contribution in [2.75, 3.05) is 0 Å². The van der Waals surface area contributed by atoms with Crippen LogP contribution in [-0.2, 0) is 11.2 Å². The molecule has 0 spiro atoms. The predicted octanol–water partition coefficient (Wildman–Crippen LogP) is 3.67. The van der Waals surface area contributed by atoms with Crippen molar-refractivity contribution >= 4 is 5.97 Å². The minimum atomic E-state index is -0.733. The fourth-order valence-electron chi connectivity index (χ4n) is 1.26. The highest BCUT2D eigenvalue weighted by Crippen LogP contribution is 2.12. The minimum Gasteiger partial charge on any atom is -0.481 e. The van der Waals surface area contributed by atoms with Crippen LogP contribution in [0.3, 0.4) is 0 Å². The standard InChI is InChI=1S/C11H14O2.C3H8/c1-8-5-3-4-6-10(8)7-9(2)11(12)13;1-3-2/h3-6,9H,7H2,1-2H3,(H,12,13);3H2,1-2H3. The topological polar surface area (TPSA) is 37.3 Å². The van der Waals surface area contributed by atoms with E-state index >= 15 is 0 Å². The van der Waals surface area contributed by atoms with Gasteiger partial charge in [0.1, 0.15) is 0 Å². The van der Waals surface area contributed by atoms with E-state index in [1.807, 2.05) is 31.2 Å². The zero-order chi connectivity index (χ0) is 12.6. The van der Waals surface area contributed by atoms with Crippen molar-refractivity contribution < 1.29 is 9.90 Å². The van der Waals surface area contributed by atoms with E-state index in [9.17, 15) is 4.79 Å². The van der Waals surface area contributed by atoms with Crippen LogP contribution < -0.4 is 0 Å². The van der Waals surface area contributed by atoms with Crippen LogP contribution in [0.2, 0.25) is 0 Å². The largest absolute Gasteiger partial charge is 0.481 e. The third-order valence-corrected chi connectivity index (χ3v) is 2.21. The lowest BCUT2D eigenvalue weighted by atomic mass is 9.98. The average molecular weight is 222 g/mol. The molecule has 0 fully saturated rings. The molecular formula is C14H22O2. The van der Waals surface area contributed by atoms with E-state index in [1.54, 1.807) is 6.92 Å². The van der Waals surface area contributed by atoms with Crippen molar-refractivity contribution in [3.63, 3.8) is 0 Å². The maximum absolute atomic E-state index is 10.6. The first kappa shape index (κ1) is 14.7. The molecule has 2 nitrogen and oxygen atoms in total. The quantitative estimate of drug-likeness (QED) is 0.847. The van der Waals surface area contributed by atoms with Crippen LogP contribution in [0, 0.1) is 12.8 Å². The number of hydrogen-bond acceptors (Lipinski definition) is 1. The lowest BCUT2D eigenvalue weighted by Crippen LogP contribution is -2.12. The summed E-state index contributed by atoms with van der Waals surface area (Å²) in [5, 5.41) is 8.73. The Bertz CT molecular complexity index is 318. The Hall–Kier alpha value is -1.31. The second kappa shape index (κ2) is 7.91. The molecule has 2 heteroatoms.